The molecule has 1 aromatic rings. The van der Waals surface area contributed by atoms with Crippen molar-refractivity contribution in [3.05, 3.63) is 33.7 Å². The first kappa shape index (κ1) is 21.3. The van der Waals surface area contributed by atoms with Crippen molar-refractivity contribution < 1.29 is 38.8 Å². The van der Waals surface area contributed by atoms with Crippen LogP contribution in [0.5, 0.6) is 0 Å². The number of nitrogens with zero attached hydrogens (tertiary/aromatic N) is 1. The largest absolute Gasteiger partial charge is 0.595 e. The molecular weight excluding hydrogens is 347 g/mol. The number of rotatable bonds is 7. The maximum Gasteiger partial charge on any atom is 0.416 e. The van der Waals surface area contributed by atoms with Crippen molar-refractivity contribution in [3.63, 3.8) is 0 Å². The van der Waals surface area contributed by atoms with Gasteiger partial charge in [-0.15, -0.1) is 0 Å². The average Bonchev–Trinajstić information content (AvgIpc) is 2.51. The van der Waals surface area contributed by atoms with Gasteiger partial charge in [0.2, 0.25) is 0 Å². The summed E-state index contributed by atoms with van der Waals surface area (Å²) in [5.41, 5.74) is -4.13. The van der Waals surface area contributed by atoms with Crippen molar-refractivity contribution in [2.75, 3.05) is 13.1 Å². The van der Waals surface area contributed by atoms with Crippen LogP contribution in [0.15, 0.2) is 12.1 Å². The van der Waals surface area contributed by atoms with Gasteiger partial charge >= 0.3 is 6.18 Å². The van der Waals surface area contributed by atoms with Crippen LogP contribution < -0.4 is 10.5 Å². The van der Waals surface area contributed by atoms with Gasteiger partial charge in [0.1, 0.15) is 0 Å². The molecule has 1 amide bonds. The standard InChI is InChI=1S/C14H20F3N3O5/c1-3-5-18(6-4-2)13(21)12-10(19(22)23)7-9(14(15,16)17)8-11(12)20(24)25/h7-8,19-20,22,24H,3-6H2,1-2H3. The molecular formula is C14H20F3N3O5. The van der Waals surface area contributed by atoms with E-state index in [1.165, 1.54) is 4.90 Å². The van der Waals surface area contributed by atoms with Crippen molar-refractivity contribution in [1.29, 1.82) is 0 Å². The fourth-order valence-electron chi connectivity index (χ4n) is 2.39. The van der Waals surface area contributed by atoms with Crippen molar-refractivity contribution >= 4 is 17.3 Å². The Morgan fingerprint density at radius 3 is 1.76 bits per heavy atom. The number of carbonyl (C=O) groups excluding carboxylic acids is 1. The van der Waals surface area contributed by atoms with Crippen LogP contribution in [-0.4, -0.2) is 34.3 Å². The molecule has 0 aromatic heterocycles. The second-order valence-corrected chi connectivity index (χ2v) is 5.35. The number of amides is 1. The SMILES string of the molecule is CCCN(CCC)C(=O)c1c([NH+]([O-])O)cc(C(F)(F)F)cc1[NH+]([O-])O. The molecule has 0 aliphatic carbocycles. The van der Waals surface area contributed by atoms with Crippen molar-refractivity contribution in [2.24, 2.45) is 0 Å². The molecule has 11 heteroatoms. The van der Waals surface area contributed by atoms with E-state index in [0.717, 1.165) is 0 Å². The zero-order chi connectivity index (χ0) is 19.4. The molecule has 1 aromatic carbocycles. The molecule has 142 valence electrons. The molecule has 25 heavy (non-hydrogen) atoms. The third-order valence-electron chi connectivity index (χ3n) is 3.41. The molecule has 0 radical (unpaired) electrons. The highest BCUT2D eigenvalue weighted by atomic mass is 19.4. The second kappa shape index (κ2) is 8.56. The number of halogens is 3. The molecule has 0 bridgehead atoms. The average molecular weight is 367 g/mol. The zero-order valence-corrected chi connectivity index (χ0v) is 13.7. The summed E-state index contributed by atoms with van der Waals surface area (Å²) in [4.78, 5) is 13.9. The molecule has 0 heterocycles. The van der Waals surface area contributed by atoms with E-state index in [0.29, 0.717) is 12.8 Å². The first-order valence-corrected chi connectivity index (χ1v) is 7.55. The predicted octanol–water partition coefficient (Wildman–Crippen LogP) is 0.774. The minimum absolute atomic E-state index is 0.228. The molecule has 4 N–H and O–H groups in total. The van der Waals surface area contributed by atoms with Crippen molar-refractivity contribution in [1.82, 2.24) is 4.90 Å². The third-order valence-corrected chi connectivity index (χ3v) is 3.41. The van der Waals surface area contributed by atoms with Crippen molar-refractivity contribution in [3.8, 4) is 0 Å². The minimum Gasteiger partial charge on any atom is -0.595 e. The molecule has 8 nitrogen and oxygen atoms in total. The lowest BCUT2D eigenvalue weighted by atomic mass is 10.0. The fraction of sp³-hybridized carbons (Fsp3) is 0.500. The summed E-state index contributed by atoms with van der Waals surface area (Å²) >= 11 is 0. The lowest BCUT2D eigenvalue weighted by Crippen LogP contribution is -3.01. The van der Waals surface area contributed by atoms with E-state index >= 15 is 0 Å². The van der Waals surface area contributed by atoms with Crippen LogP contribution in [0.4, 0.5) is 24.5 Å². The van der Waals surface area contributed by atoms with Gasteiger partial charge < -0.3 is 15.3 Å². The van der Waals surface area contributed by atoms with Gasteiger partial charge in [-0.1, -0.05) is 13.8 Å². The summed E-state index contributed by atoms with van der Waals surface area (Å²) in [6, 6.07) is 0.580. The molecule has 1 rings (SSSR count). The summed E-state index contributed by atoms with van der Waals surface area (Å²) in [5, 5.41) is 37.6. The summed E-state index contributed by atoms with van der Waals surface area (Å²) in [5.74, 6) is -0.910. The Balaban J connectivity index is 3.63. The summed E-state index contributed by atoms with van der Waals surface area (Å²) in [7, 11) is 0. The van der Waals surface area contributed by atoms with E-state index in [-0.39, 0.29) is 25.2 Å². The Hall–Kier alpha value is -1.76. The van der Waals surface area contributed by atoms with Crippen LogP contribution in [0.1, 0.15) is 42.6 Å². The highest BCUT2D eigenvalue weighted by Crippen LogP contribution is 2.34. The number of nitrogens with one attached hydrogen (secondary N) is 2. The van der Waals surface area contributed by atoms with Crippen LogP contribution in [0, 0.1) is 10.4 Å². The monoisotopic (exact) mass is 367 g/mol. The molecule has 0 spiro atoms. The van der Waals surface area contributed by atoms with E-state index in [1.807, 2.05) is 0 Å². The van der Waals surface area contributed by atoms with Gasteiger partial charge in [-0.25, -0.2) is 10.4 Å². The Morgan fingerprint density at radius 2 is 1.48 bits per heavy atom. The Labute approximate surface area is 141 Å². The number of alkyl halides is 3. The van der Waals surface area contributed by atoms with E-state index < -0.39 is 45.0 Å². The van der Waals surface area contributed by atoms with Gasteiger partial charge in [0.05, 0.1) is 5.56 Å². The van der Waals surface area contributed by atoms with E-state index in [2.05, 4.69) is 0 Å². The predicted molar refractivity (Wildman–Crippen MR) is 79.5 cm³/mol. The van der Waals surface area contributed by atoms with Gasteiger partial charge in [0, 0.05) is 25.2 Å². The van der Waals surface area contributed by atoms with Gasteiger partial charge in [-0.3, -0.25) is 4.79 Å². The molecule has 2 unspecified atom stereocenters. The maximum atomic E-state index is 12.9. The minimum atomic E-state index is -4.94. The van der Waals surface area contributed by atoms with Crippen LogP contribution in [0.25, 0.3) is 0 Å². The Bertz CT molecular complexity index is 573. The normalized spacial score (nSPS) is 14.3. The second-order valence-electron chi connectivity index (χ2n) is 5.35. The number of benzene rings is 1. The van der Waals surface area contributed by atoms with E-state index in [1.54, 1.807) is 13.8 Å². The maximum absolute atomic E-state index is 12.9. The number of quaternary nitrogens is 2. The van der Waals surface area contributed by atoms with E-state index in [9.17, 15) is 38.8 Å². The highest BCUT2D eigenvalue weighted by molar-refractivity contribution is 6.02. The topological polar surface area (TPSA) is 116 Å². The first-order chi connectivity index (χ1) is 11.5. The fourth-order valence-corrected chi connectivity index (χ4v) is 2.39. The lowest BCUT2D eigenvalue weighted by Gasteiger charge is -2.26. The van der Waals surface area contributed by atoms with Crippen LogP contribution in [0.3, 0.4) is 0 Å². The molecule has 2 atom stereocenters. The first-order valence-electron chi connectivity index (χ1n) is 7.55. The van der Waals surface area contributed by atoms with Gasteiger partial charge in [0.15, 0.2) is 16.9 Å². The van der Waals surface area contributed by atoms with Gasteiger partial charge in [-0.2, -0.15) is 23.6 Å². The quantitative estimate of drug-likeness (QED) is 0.532. The smallest absolute Gasteiger partial charge is 0.416 e. The molecule has 0 aliphatic heterocycles. The molecule has 0 fully saturated rings. The highest BCUT2D eigenvalue weighted by Gasteiger charge is 2.37. The van der Waals surface area contributed by atoms with E-state index in [4.69, 9.17) is 0 Å². The number of hydrogen-bond donors (Lipinski definition) is 4. The molecule has 0 aliphatic rings. The summed E-state index contributed by atoms with van der Waals surface area (Å²) in [6.07, 6.45) is -3.89. The van der Waals surface area contributed by atoms with Crippen molar-refractivity contribution in [2.45, 2.75) is 32.9 Å². The van der Waals surface area contributed by atoms with Gasteiger partial charge in [0.25, 0.3) is 5.91 Å². The lowest BCUT2D eigenvalue weighted by molar-refractivity contribution is -0.996. The third kappa shape index (κ3) is 5.11. The summed E-state index contributed by atoms with van der Waals surface area (Å²) < 4.78 is 38.8. The van der Waals surface area contributed by atoms with Crippen LogP contribution in [0.2, 0.25) is 0 Å². The molecule has 0 saturated carbocycles. The Morgan fingerprint density at radius 1 is 1.08 bits per heavy atom. The number of carbonyl (C=O) groups is 1. The van der Waals surface area contributed by atoms with Crippen LogP contribution >= 0.6 is 0 Å². The number of hydrogen-bond acceptors (Lipinski definition) is 5. The van der Waals surface area contributed by atoms with Gasteiger partial charge in [-0.05, 0) is 12.8 Å². The zero-order valence-electron chi connectivity index (χ0n) is 13.7. The summed E-state index contributed by atoms with van der Waals surface area (Å²) in [6.45, 7) is 3.98. The Kier molecular flexibility index (Phi) is 7.29. The van der Waals surface area contributed by atoms with Crippen LogP contribution in [-0.2, 0) is 6.18 Å². The molecule has 0 saturated heterocycles.